The zero-order chi connectivity index (χ0) is 12.1. The number of nitrogens with one attached hydrogen (secondary N) is 2. The highest BCUT2D eigenvalue weighted by Gasteiger charge is 2.27. The quantitative estimate of drug-likeness (QED) is 0.522. The van der Waals surface area contributed by atoms with Crippen LogP contribution in [0, 0.1) is 0 Å². The number of rotatable bonds is 4. The fourth-order valence-electron chi connectivity index (χ4n) is 2.73. The maximum absolute atomic E-state index is 9.13. The number of hydrogen-bond acceptors (Lipinski definition) is 5. The summed E-state index contributed by atoms with van der Waals surface area (Å²) in [6, 6.07) is 0.369. The average Bonchev–Trinajstić information content (AvgIpc) is 2.39. The van der Waals surface area contributed by atoms with Crippen LogP contribution in [0.15, 0.2) is 0 Å². The third-order valence-corrected chi connectivity index (χ3v) is 3.72. The molecule has 0 saturated carbocycles. The third-order valence-electron chi connectivity index (χ3n) is 3.72. The molecule has 4 atom stereocenters. The van der Waals surface area contributed by atoms with Crippen LogP contribution in [0.5, 0.6) is 0 Å². The molecule has 0 aliphatic carbocycles. The summed E-state index contributed by atoms with van der Waals surface area (Å²) >= 11 is 0. The molecule has 0 unspecified atom stereocenters. The van der Waals surface area contributed by atoms with E-state index in [9.17, 15) is 0 Å². The molecule has 5 heteroatoms. The lowest BCUT2D eigenvalue weighted by molar-refractivity contribution is -0.0576. The molecule has 0 amide bonds. The summed E-state index contributed by atoms with van der Waals surface area (Å²) in [7, 11) is 0. The summed E-state index contributed by atoms with van der Waals surface area (Å²) in [5.74, 6) is 0. The van der Waals surface area contributed by atoms with Crippen molar-refractivity contribution in [3.05, 3.63) is 0 Å². The van der Waals surface area contributed by atoms with Crippen LogP contribution in [-0.2, 0) is 4.74 Å². The van der Waals surface area contributed by atoms with Crippen molar-refractivity contribution < 1.29 is 14.9 Å². The van der Waals surface area contributed by atoms with Gasteiger partial charge in [-0.1, -0.05) is 0 Å². The molecule has 0 aromatic heterocycles. The molecule has 0 aromatic carbocycles. The van der Waals surface area contributed by atoms with Gasteiger partial charge in [-0.2, -0.15) is 0 Å². The molecule has 0 aromatic rings. The largest absolute Gasteiger partial charge is 0.395 e. The monoisotopic (exact) mass is 244 g/mol. The molecular formula is C12H24N2O3. The van der Waals surface area contributed by atoms with Crippen molar-refractivity contribution in [2.24, 2.45) is 0 Å². The van der Waals surface area contributed by atoms with Gasteiger partial charge in [0.25, 0.3) is 0 Å². The zero-order valence-corrected chi connectivity index (χ0v) is 10.3. The first-order valence-corrected chi connectivity index (χ1v) is 6.65. The molecule has 2 aliphatic rings. The fraction of sp³-hybridized carbons (Fsp3) is 1.00. The van der Waals surface area contributed by atoms with Crippen LogP contribution < -0.4 is 10.6 Å². The Bertz CT molecular complexity index is 206. The van der Waals surface area contributed by atoms with E-state index in [4.69, 9.17) is 14.9 Å². The Labute approximate surface area is 103 Å². The predicted octanol–water partition coefficient (Wildman–Crippen LogP) is -0.771. The first-order chi connectivity index (χ1) is 8.31. The van der Waals surface area contributed by atoms with E-state index in [1.807, 2.05) is 0 Å². The number of hydrogen-bond donors (Lipinski definition) is 4. The maximum Gasteiger partial charge on any atom is 0.0606 e. The van der Waals surface area contributed by atoms with Gasteiger partial charge in [0.2, 0.25) is 0 Å². The van der Waals surface area contributed by atoms with Gasteiger partial charge < -0.3 is 25.6 Å². The van der Waals surface area contributed by atoms with Crippen molar-refractivity contribution in [3.8, 4) is 0 Å². The van der Waals surface area contributed by atoms with Gasteiger partial charge in [0.05, 0.1) is 25.4 Å². The van der Waals surface area contributed by atoms with Gasteiger partial charge in [0, 0.05) is 12.1 Å². The normalized spacial score (nSPS) is 39.2. The van der Waals surface area contributed by atoms with Crippen LogP contribution in [0.4, 0.5) is 0 Å². The van der Waals surface area contributed by atoms with E-state index in [0.717, 1.165) is 38.8 Å². The van der Waals surface area contributed by atoms with Crippen LogP contribution in [0.3, 0.4) is 0 Å². The Morgan fingerprint density at radius 2 is 1.35 bits per heavy atom. The molecule has 2 fully saturated rings. The Morgan fingerprint density at radius 3 is 1.76 bits per heavy atom. The van der Waals surface area contributed by atoms with E-state index >= 15 is 0 Å². The molecule has 17 heavy (non-hydrogen) atoms. The second-order valence-electron chi connectivity index (χ2n) is 5.10. The minimum Gasteiger partial charge on any atom is -0.395 e. The van der Waals surface area contributed by atoms with E-state index in [1.54, 1.807) is 0 Å². The molecule has 2 saturated heterocycles. The zero-order valence-electron chi connectivity index (χ0n) is 10.3. The highest BCUT2D eigenvalue weighted by molar-refractivity contribution is 4.82. The fourth-order valence-corrected chi connectivity index (χ4v) is 2.73. The summed E-state index contributed by atoms with van der Waals surface area (Å²) in [6.07, 6.45) is 4.34. The smallest absolute Gasteiger partial charge is 0.0606 e. The van der Waals surface area contributed by atoms with Crippen LogP contribution >= 0.6 is 0 Å². The highest BCUT2D eigenvalue weighted by Crippen LogP contribution is 2.20. The summed E-state index contributed by atoms with van der Waals surface area (Å²) in [4.78, 5) is 0. The second kappa shape index (κ2) is 6.66. The summed E-state index contributed by atoms with van der Waals surface area (Å²) in [5.41, 5.74) is 0. The lowest BCUT2D eigenvalue weighted by Gasteiger charge is -2.35. The Balaban J connectivity index is 1.75. The average molecular weight is 244 g/mol. The molecule has 100 valence electrons. The van der Waals surface area contributed by atoms with Crippen molar-refractivity contribution in [3.63, 3.8) is 0 Å². The van der Waals surface area contributed by atoms with Crippen molar-refractivity contribution in [2.45, 2.75) is 50.0 Å². The Hall–Kier alpha value is -0.200. The summed E-state index contributed by atoms with van der Waals surface area (Å²) < 4.78 is 6.09. The van der Waals surface area contributed by atoms with Crippen molar-refractivity contribution in [2.75, 3.05) is 26.3 Å². The van der Waals surface area contributed by atoms with Crippen molar-refractivity contribution in [1.29, 1.82) is 0 Å². The lowest BCUT2D eigenvalue weighted by atomic mass is 9.99. The third kappa shape index (κ3) is 3.89. The van der Waals surface area contributed by atoms with Gasteiger partial charge >= 0.3 is 0 Å². The van der Waals surface area contributed by atoms with E-state index in [0.29, 0.717) is 0 Å². The predicted molar refractivity (Wildman–Crippen MR) is 64.9 cm³/mol. The number of aliphatic hydroxyl groups excluding tert-OH is 2. The molecule has 0 bridgehead atoms. The molecule has 0 radical (unpaired) electrons. The summed E-state index contributed by atoms with van der Waals surface area (Å²) in [6.45, 7) is 2.21. The second-order valence-corrected chi connectivity index (χ2v) is 5.10. The Kier molecular flexibility index (Phi) is 5.18. The topological polar surface area (TPSA) is 73.8 Å². The summed E-state index contributed by atoms with van der Waals surface area (Å²) in [5, 5.41) is 24.8. The number of ether oxygens (including phenoxy) is 1. The molecule has 4 N–H and O–H groups in total. The molecule has 0 spiro atoms. The van der Waals surface area contributed by atoms with Gasteiger partial charge in [-0.05, 0) is 38.8 Å². The molecule has 2 rings (SSSR count). The van der Waals surface area contributed by atoms with Crippen LogP contribution in [0.25, 0.3) is 0 Å². The van der Waals surface area contributed by atoms with Gasteiger partial charge in [-0.15, -0.1) is 0 Å². The molecule has 2 aliphatic heterocycles. The van der Waals surface area contributed by atoms with Crippen LogP contribution in [-0.4, -0.2) is 60.8 Å². The van der Waals surface area contributed by atoms with Gasteiger partial charge in [-0.25, -0.2) is 0 Å². The Morgan fingerprint density at radius 1 is 0.882 bits per heavy atom. The molecule has 2 heterocycles. The maximum atomic E-state index is 9.13. The van der Waals surface area contributed by atoms with Crippen molar-refractivity contribution >= 4 is 0 Å². The van der Waals surface area contributed by atoms with E-state index < -0.39 is 0 Å². The standard InChI is InChI=1S/C12H24N2O3/c15-7-9-5-11(1-3-13-9)17-12-2-4-14-10(6-12)8-16/h9-16H,1-8H2/t9-,10-,11-,12-/m1/s1. The lowest BCUT2D eigenvalue weighted by Crippen LogP contribution is -2.47. The van der Waals surface area contributed by atoms with Gasteiger partial charge in [0.1, 0.15) is 0 Å². The van der Waals surface area contributed by atoms with Crippen molar-refractivity contribution in [1.82, 2.24) is 10.6 Å². The minimum atomic E-state index is 0.184. The van der Waals surface area contributed by atoms with E-state index in [1.165, 1.54) is 0 Å². The number of aliphatic hydroxyl groups is 2. The van der Waals surface area contributed by atoms with Gasteiger partial charge in [0.15, 0.2) is 0 Å². The first-order valence-electron chi connectivity index (χ1n) is 6.65. The van der Waals surface area contributed by atoms with Crippen LogP contribution in [0.2, 0.25) is 0 Å². The highest BCUT2D eigenvalue weighted by atomic mass is 16.5. The number of piperidine rings is 2. The minimum absolute atomic E-state index is 0.184. The SMILES string of the molecule is OC[C@H]1C[C@H](O[C@@H]2CCN[C@@H](CO)C2)CCN1. The van der Waals surface area contributed by atoms with E-state index in [2.05, 4.69) is 10.6 Å². The molecule has 5 nitrogen and oxygen atoms in total. The first kappa shape index (κ1) is 13.2. The van der Waals surface area contributed by atoms with Gasteiger partial charge in [-0.3, -0.25) is 0 Å². The molecular weight excluding hydrogens is 220 g/mol. The van der Waals surface area contributed by atoms with Crippen LogP contribution in [0.1, 0.15) is 25.7 Å². The van der Waals surface area contributed by atoms with E-state index in [-0.39, 0.29) is 37.5 Å².